The van der Waals surface area contributed by atoms with Crippen LogP contribution < -0.4 is 4.90 Å². The number of benzene rings is 2. The van der Waals surface area contributed by atoms with Gasteiger partial charge in [0.2, 0.25) is 0 Å². The predicted molar refractivity (Wildman–Crippen MR) is 84.6 cm³/mol. The molecule has 126 valence electrons. The van der Waals surface area contributed by atoms with Gasteiger partial charge in [-0.3, -0.25) is 4.79 Å². The Balaban J connectivity index is 1.81. The summed E-state index contributed by atoms with van der Waals surface area (Å²) in [5.41, 5.74) is 1.43. The quantitative estimate of drug-likeness (QED) is 0.795. The van der Waals surface area contributed by atoms with Crippen molar-refractivity contribution in [2.24, 2.45) is 5.92 Å². The fourth-order valence-electron chi connectivity index (χ4n) is 2.76. The van der Waals surface area contributed by atoms with Crippen LogP contribution in [-0.4, -0.2) is 26.2 Å². The van der Waals surface area contributed by atoms with Crippen LogP contribution in [0, 0.1) is 5.92 Å². The number of ether oxygens (including phenoxy) is 1. The molecule has 0 unspecified atom stereocenters. The molecule has 3 nitrogen and oxygen atoms in total. The van der Waals surface area contributed by atoms with Crippen LogP contribution in [-0.2, 0) is 15.7 Å². The number of nitrogens with zero attached hydrogens (tertiary/aromatic N) is 1. The van der Waals surface area contributed by atoms with Crippen LogP contribution in [0.2, 0.25) is 0 Å². The molecule has 6 heteroatoms. The summed E-state index contributed by atoms with van der Waals surface area (Å²) in [4.78, 5) is 13.4. The third-order valence-electron chi connectivity index (χ3n) is 4.15. The van der Waals surface area contributed by atoms with Crippen LogP contribution in [0.15, 0.2) is 48.5 Å². The zero-order valence-electron chi connectivity index (χ0n) is 13.0. The summed E-state index contributed by atoms with van der Waals surface area (Å²) in [5.74, 6) is -0.382. The first kappa shape index (κ1) is 16.4. The largest absolute Gasteiger partial charge is 0.469 e. The minimum Gasteiger partial charge on any atom is -0.469 e. The minimum absolute atomic E-state index is 0.146. The number of rotatable bonds is 3. The van der Waals surface area contributed by atoms with Gasteiger partial charge in [0, 0.05) is 18.8 Å². The number of anilines is 1. The van der Waals surface area contributed by atoms with Gasteiger partial charge in [0.15, 0.2) is 0 Å². The Bertz CT molecular complexity index is 752. The smallest absolute Gasteiger partial charge is 0.416 e. The van der Waals surface area contributed by atoms with Gasteiger partial charge in [0.05, 0.1) is 18.6 Å². The van der Waals surface area contributed by atoms with Crippen molar-refractivity contribution in [1.29, 1.82) is 0 Å². The summed E-state index contributed by atoms with van der Waals surface area (Å²) in [6, 6.07) is 12.6. The summed E-state index contributed by atoms with van der Waals surface area (Å²) in [6.07, 6.45) is -4.36. The highest BCUT2D eigenvalue weighted by Gasteiger charge is 2.34. The number of carbonyl (C=O) groups is 1. The van der Waals surface area contributed by atoms with E-state index in [1.807, 2.05) is 17.0 Å². The molecule has 2 aromatic carbocycles. The number of hydrogen-bond donors (Lipinski definition) is 0. The average molecular weight is 335 g/mol. The second kappa shape index (κ2) is 6.19. The van der Waals surface area contributed by atoms with Crippen molar-refractivity contribution < 1.29 is 22.7 Å². The van der Waals surface area contributed by atoms with E-state index in [9.17, 15) is 18.0 Å². The molecular weight excluding hydrogens is 319 g/mol. The molecule has 0 aromatic heterocycles. The SMILES string of the molecule is COC(=O)C1CN(c2cccc(-c3cccc(C(F)(F)F)c3)c2)C1. The number of carbonyl (C=O) groups excluding carboxylic acids is 1. The van der Waals surface area contributed by atoms with Crippen molar-refractivity contribution in [1.82, 2.24) is 0 Å². The third kappa shape index (κ3) is 3.22. The molecular formula is C18H16F3NO2. The number of alkyl halides is 3. The lowest BCUT2D eigenvalue weighted by Crippen LogP contribution is -2.50. The summed E-state index contributed by atoms with van der Waals surface area (Å²) in [7, 11) is 1.36. The van der Waals surface area contributed by atoms with Crippen molar-refractivity contribution in [2.75, 3.05) is 25.1 Å². The molecule has 0 spiro atoms. The van der Waals surface area contributed by atoms with Crippen molar-refractivity contribution in [3.8, 4) is 11.1 Å². The summed E-state index contributed by atoms with van der Waals surface area (Å²) >= 11 is 0. The van der Waals surface area contributed by atoms with Gasteiger partial charge in [-0.2, -0.15) is 13.2 Å². The van der Waals surface area contributed by atoms with Crippen molar-refractivity contribution in [3.63, 3.8) is 0 Å². The fraction of sp³-hybridized carbons (Fsp3) is 0.278. The van der Waals surface area contributed by atoms with E-state index in [1.54, 1.807) is 18.2 Å². The molecule has 0 aliphatic carbocycles. The molecule has 0 atom stereocenters. The molecule has 1 heterocycles. The maximum absolute atomic E-state index is 12.9. The molecule has 0 amide bonds. The first-order chi connectivity index (χ1) is 11.4. The minimum atomic E-state index is -4.36. The first-order valence-corrected chi connectivity index (χ1v) is 7.49. The molecule has 0 radical (unpaired) electrons. The van der Waals surface area contributed by atoms with Gasteiger partial charge >= 0.3 is 12.1 Å². The molecule has 24 heavy (non-hydrogen) atoms. The van der Waals surface area contributed by atoms with Crippen LogP contribution in [0.1, 0.15) is 5.56 Å². The highest BCUT2D eigenvalue weighted by Crippen LogP contribution is 2.34. The highest BCUT2D eigenvalue weighted by atomic mass is 19.4. The zero-order chi connectivity index (χ0) is 17.3. The van der Waals surface area contributed by atoms with Gasteiger partial charge in [-0.1, -0.05) is 24.3 Å². The predicted octanol–water partition coefficient (Wildman–Crippen LogP) is 3.98. The second-order valence-corrected chi connectivity index (χ2v) is 5.75. The zero-order valence-corrected chi connectivity index (χ0v) is 13.0. The number of hydrogen-bond acceptors (Lipinski definition) is 3. The van der Waals surface area contributed by atoms with E-state index in [4.69, 9.17) is 4.74 Å². The van der Waals surface area contributed by atoms with E-state index in [0.717, 1.165) is 17.8 Å². The monoisotopic (exact) mass is 335 g/mol. The highest BCUT2D eigenvalue weighted by molar-refractivity contribution is 5.77. The summed E-state index contributed by atoms with van der Waals surface area (Å²) in [5, 5.41) is 0. The normalized spacial score (nSPS) is 15.1. The number of esters is 1. The molecule has 1 aliphatic heterocycles. The van der Waals surface area contributed by atoms with E-state index in [-0.39, 0.29) is 11.9 Å². The Morgan fingerprint density at radius 2 is 1.71 bits per heavy atom. The first-order valence-electron chi connectivity index (χ1n) is 7.49. The lowest BCUT2D eigenvalue weighted by Gasteiger charge is -2.39. The summed E-state index contributed by atoms with van der Waals surface area (Å²) in [6.45, 7) is 1.11. The van der Waals surface area contributed by atoms with Gasteiger partial charge < -0.3 is 9.64 Å². The van der Waals surface area contributed by atoms with E-state index in [1.165, 1.54) is 13.2 Å². The third-order valence-corrected chi connectivity index (χ3v) is 4.15. The maximum atomic E-state index is 12.9. The van der Waals surface area contributed by atoms with Gasteiger partial charge in [0.25, 0.3) is 0 Å². The van der Waals surface area contributed by atoms with Crippen molar-refractivity contribution >= 4 is 11.7 Å². The molecule has 3 rings (SSSR count). The molecule has 0 N–H and O–H groups in total. The topological polar surface area (TPSA) is 29.5 Å². The Labute approximate surface area is 137 Å². The number of halogens is 3. The summed E-state index contributed by atoms with van der Waals surface area (Å²) < 4.78 is 43.3. The van der Waals surface area contributed by atoms with Crippen LogP contribution in [0.4, 0.5) is 18.9 Å². The Hall–Kier alpha value is -2.50. The van der Waals surface area contributed by atoms with Crippen LogP contribution in [0.5, 0.6) is 0 Å². The van der Waals surface area contributed by atoms with E-state index in [0.29, 0.717) is 24.2 Å². The molecule has 2 aromatic rings. The Morgan fingerprint density at radius 1 is 1.08 bits per heavy atom. The standard InChI is InChI=1S/C18H16F3NO2/c1-24-17(23)14-10-22(11-14)16-7-3-5-13(9-16)12-4-2-6-15(8-12)18(19,20)21/h2-9,14H,10-11H2,1H3. The second-order valence-electron chi connectivity index (χ2n) is 5.75. The van der Waals surface area contributed by atoms with Crippen molar-refractivity contribution in [2.45, 2.75) is 6.18 Å². The van der Waals surface area contributed by atoms with Gasteiger partial charge in [-0.05, 0) is 35.4 Å². The van der Waals surface area contributed by atoms with Crippen LogP contribution in [0.25, 0.3) is 11.1 Å². The van der Waals surface area contributed by atoms with Gasteiger partial charge in [-0.25, -0.2) is 0 Å². The fourth-order valence-corrected chi connectivity index (χ4v) is 2.76. The van der Waals surface area contributed by atoms with E-state index >= 15 is 0 Å². The molecule has 0 saturated carbocycles. The van der Waals surface area contributed by atoms with E-state index < -0.39 is 11.7 Å². The average Bonchev–Trinajstić information content (AvgIpc) is 2.53. The van der Waals surface area contributed by atoms with Gasteiger partial charge in [-0.15, -0.1) is 0 Å². The van der Waals surface area contributed by atoms with Crippen molar-refractivity contribution in [3.05, 3.63) is 54.1 Å². The Morgan fingerprint density at radius 3 is 2.33 bits per heavy atom. The molecule has 1 aliphatic rings. The Kier molecular flexibility index (Phi) is 4.22. The van der Waals surface area contributed by atoms with Gasteiger partial charge in [0.1, 0.15) is 0 Å². The number of methoxy groups -OCH3 is 1. The van der Waals surface area contributed by atoms with E-state index in [2.05, 4.69) is 0 Å². The molecule has 1 saturated heterocycles. The van der Waals surface area contributed by atoms with Crippen LogP contribution >= 0.6 is 0 Å². The molecule has 1 fully saturated rings. The lowest BCUT2D eigenvalue weighted by molar-refractivity contribution is -0.146. The maximum Gasteiger partial charge on any atom is 0.416 e. The van der Waals surface area contributed by atoms with Crippen LogP contribution in [0.3, 0.4) is 0 Å². The molecule has 0 bridgehead atoms. The lowest BCUT2D eigenvalue weighted by atomic mass is 9.97.